The summed E-state index contributed by atoms with van der Waals surface area (Å²) in [7, 11) is 0. The average molecular weight is 296 g/mol. The van der Waals surface area contributed by atoms with Crippen molar-refractivity contribution < 1.29 is 19.5 Å². The first-order chi connectivity index (χ1) is 7.08. The number of rotatable bonds is 4. The van der Waals surface area contributed by atoms with E-state index in [-0.39, 0.29) is 0 Å². The maximum Gasteiger partial charge on any atom is 0.344 e. The number of amides is 2. The van der Waals surface area contributed by atoms with E-state index in [0.29, 0.717) is 5.13 Å². The summed E-state index contributed by atoms with van der Waals surface area (Å²) >= 11 is 4.39. The third-order valence-electron chi connectivity index (χ3n) is 1.06. The molecule has 1 aromatic rings. The van der Waals surface area contributed by atoms with Gasteiger partial charge < -0.3 is 5.11 Å². The van der Waals surface area contributed by atoms with Crippen molar-refractivity contribution in [2.24, 2.45) is 0 Å². The van der Waals surface area contributed by atoms with Gasteiger partial charge in [-0.2, -0.15) is 0 Å². The first-order valence-corrected chi connectivity index (χ1v) is 5.21. The van der Waals surface area contributed by atoms with Crippen LogP contribution in [0.5, 0.6) is 0 Å². The van der Waals surface area contributed by atoms with Crippen LogP contribution < -0.4 is 10.8 Å². The van der Waals surface area contributed by atoms with Crippen LogP contribution >= 0.6 is 27.3 Å². The molecule has 1 heterocycles. The van der Waals surface area contributed by atoms with E-state index in [1.807, 2.05) is 5.48 Å². The maximum atomic E-state index is 11.0. The van der Waals surface area contributed by atoms with E-state index in [9.17, 15) is 9.59 Å². The molecule has 0 saturated heterocycles. The Morgan fingerprint density at radius 1 is 1.67 bits per heavy atom. The van der Waals surface area contributed by atoms with Crippen molar-refractivity contribution in [2.75, 3.05) is 11.9 Å². The number of aromatic nitrogens is 1. The second kappa shape index (κ2) is 5.63. The van der Waals surface area contributed by atoms with E-state index < -0.39 is 18.6 Å². The van der Waals surface area contributed by atoms with Gasteiger partial charge in [0.25, 0.3) is 0 Å². The van der Waals surface area contributed by atoms with Gasteiger partial charge in [-0.15, -0.1) is 0 Å². The first kappa shape index (κ1) is 11.9. The number of carbonyl (C=O) groups excluding carboxylic acids is 1. The Kier molecular flexibility index (Phi) is 4.46. The van der Waals surface area contributed by atoms with Gasteiger partial charge in [0.15, 0.2) is 11.7 Å². The Morgan fingerprint density at radius 3 is 2.93 bits per heavy atom. The van der Waals surface area contributed by atoms with E-state index in [4.69, 9.17) is 5.11 Å². The summed E-state index contributed by atoms with van der Waals surface area (Å²) in [6.45, 7) is -0.602. The first-order valence-electron chi connectivity index (χ1n) is 3.60. The lowest BCUT2D eigenvalue weighted by Crippen LogP contribution is -2.30. The SMILES string of the molecule is O=C(O)CONC(=O)Nc1ncc(Br)s1. The van der Waals surface area contributed by atoms with Crippen molar-refractivity contribution in [3.05, 3.63) is 9.98 Å². The number of hydroxylamine groups is 1. The number of hydrogen-bond donors (Lipinski definition) is 3. The summed E-state index contributed by atoms with van der Waals surface area (Å²) in [6, 6.07) is -0.682. The van der Waals surface area contributed by atoms with Crippen LogP contribution in [0.1, 0.15) is 0 Å². The van der Waals surface area contributed by atoms with Gasteiger partial charge in [-0.1, -0.05) is 11.3 Å². The lowest BCUT2D eigenvalue weighted by Gasteiger charge is -2.02. The molecule has 3 N–H and O–H groups in total. The standard InChI is InChI=1S/C6H6BrN3O4S/c7-3-1-8-6(15-3)9-5(13)10-14-2-4(11)12/h1H,2H2,(H,11,12)(H2,8,9,10,13). The number of aliphatic carboxylic acids is 1. The number of nitrogens with one attached hydrogen (secondary N) is 2. The Morgan fingerprint density at radius 2 is 2.40 bits per heavy atom. The number of hydrogen-bond acceptors (Lipinski definition) is 5. The highest BCUT2D eigenvalue weighted by molar-refractivity contribution is 9.11. The van der Waals surface area contributed by atoms with Crippen molar-refractivity contribution in [2.45, 2.75) is 0 Å². The van der Waals surface area contributed by atoms with Crippen molar-refractivity contribution in [3.63, 3.8) is 0 Å². The Balaban J connectivity index is 2.27. The minimum absolute atomic E-state index is 0.373. The Hall–Kier alpha value is -1.19. The lowest BCUT2D eigenvalue weighted by atomic mass is 10.8. The topological polar surface area (TPSA) is 101 Å². The zero-order valence-corrected chi connectivity index (χ0v) is 9.59. The lowest BCUT2D eigenvalue weighted by molar-refractivity contribution is -0.143. The van der Waals surface area contributed by atoms with Crippen LogP contribution in [-0.2, 0) is 9.63 Å². The van der Waals surface area contributed by atoms with Gasteiger partial charge >= 0.3 is 12.0 Å². The number of thiazole rings is 1. The molecule has 0 fully saturated rings. The molecule has 1 aromatic heterocycles. The molecule has 15 heavy (non-hydrogen) atoms. The average Bonchev–Trinajstić information content (AvgIpc) is 2.50. The summed E-state index contributed by atoms with van der Waals surface area (Å²) in [5, 5.41) is 10.9. The van der Waals surface area contributed by atoms with E-state index in [0.717, 1.165) is 3.79 Å². The molecule has 0 aromatic carbocycles. The second-order valence-electron chi connectivity index (χ2n) is 2.21. The fourth-order valence-corrected chi connectivity index (χ4v) is 1.70. The van der Waals surface area contributed by atoms with Gasteiger partial charge in [0.1, 0.15) is 0 Å². The third-order valence-corrected chi connectivity index (χ3v) is 2.45. The zero-order valence-electron chi connectivity index (χ0n) is 7.19. The van der Waals surface area contributed by atoms with Gasteiger partial charge in [0.2, 0.25) is 0 Å². The fraction of sp³-hybridized carbons (Fsp3) is 0.167. The van der Waals surface area contributed by atoms with Crippen LogP contribution in [0.25, 0.3) is 0 Å². The van der Waals surface area contributed by atoms with Gasteiger partial charge in [0, 0.05) is 0 Å². The van der Waals surface area contributed by atoms with Crippen molar-refractivity contribution in [1.82, 2.24) is 10.5 Å². The smallest absolute Gasteiger partial charge is 0.344 e. The molecule has 0 atom stereocenters. The molecule has 1 rings (SSSR count). The number of carbonyl (C=O) groups is 2. The summed E-state index contributed by atoms with van der Waals surface area (Å²) in [4.78, 5) is 29.2. The molecule has 0 unspecified atom stereocenters. The monoisotopic (exact) mass is 295 g/mol. The number of urea groups is 1. The molecule has 0 saturated carbocycles. The molecule has 2 amide bonds. The molecular weight excluding hydrogens is 290 g/mol. The van der Waals surface area contributed by atoms with E-state index >= 15 is 0 Å². The Bertz CT molecular complexity index is 369. The van der Waals surface area contributed by atoms with Crippen molar-refractivity contribution in [1.29, 1.82) is 0 Å². The molecule has 0 aliphatic rings. The van der Waals surface area contributed by atoms with Gasteiger partial charge in [-0.3, -0.25) is 10.2 Å². The minimum Gasteiger partial charge on any atom is -0.479 e. The zero-order chi connectivity index (χ0) is 11.3. The highest BCUT2D eigenvalue weighted by Crippen LogP contribution is 2.22. The molecule has 9 heteroatoms. The molecule has 0 bridgehead atoms. The number of nitrogens with zero attached hydrogens (tertiary/aromatic N) is 1. The number of carboxylic acids is 1. The van der Waals surface area contributed by atoms with E-state index in [1.54, 1.807) is 0 Å². The largest absolute Gasteiger partial charge is 0.479 e. The fourth-order valence-electron chi connectivity index (χ4n) is 0.598. The summed E-state index contributed by atoms with van der Waals surface area (Å²) in [6.07, 6.45) is 1.53. The molecule has 0 aliphatic carbocycles. The van der Waals surface area contributed by atoms with E-state index in [1.165, 1.54) is 17.5 Å². The highest BCUT2D eigenvalue weighted by Gasteiger charge is 2.05. The quantitative estimate of drug-likeness (QED) is 0.721. The minimum atomic E-state index is -1.17. The van der Waals surface area contributed by atoms with Gasteiger partial charge in [0.05, 0.1) is 9.98 Å². The van der Waals surface area contributed by atoms with Crippen LogP contribution in [0.15, 0.2) is 9.98 Å². The molecule has 82 valence electrons. The van der Waals surface area contributed by atoms with Gasteiger partial charge in [-0.05, 0) is 15.9 Å². The molecular formula is C6H6BrN3O4S. The highest BCUT2D eigenvalue weighted by atomic mass is 79.9. The van der Waals surface area contributed by atoms with Crippen LogP contribution in [0, 0.1) is 0 Å². The molecule has 0 radical (unpaired) electrons. The predicted molar refractivity (Wildman–Crippen MR) is 55.6 cm³/mol. The Labute approximate surface area is 96.5 Å². The van der Waals surface area contributed by atoms with Crippen LogP contribution in [0.2, 0.25) is 0 Å². The van der Waals surface area contributed by atoms with Gasteiger partial charge in [-0.25, -0.2) is 20.1 Å². The normalized spacial score (nSPS) is 9.67. The van der Waals surface area contributed by atoms with Crippen LogP contribution in [0.4, 0.5) is 9.93 Å². The number of halogens is 1. The maximum absolute atomic E-state index is 11.0. The van der Waals surface area contributed by atoms with E-state index in [2.05, 4.69) is 31.1 Å². The summed E-state index contributed by atoms with van der Waals surface area (Å²) in [5.74, 6) is -1.17. The molecule has 0 aliphatic heterocycles. The van der Waals surface area contributed by atoms with Crippen LogP contribution in [-0.4, -0.2) is 28.7 Å². The number of anilines is 1. The van der Waals surface area contributed by atoms with Crippen molar-refractivity contribution in [3.8, 4) is 0 Å². The molecule has 0 spiro atoms. The predicted octanol–water partition coefficient (Wildman–Crippen LogP) is 1.04. The third kappa shape index (κ3) is 4.72. The van der Waals surface area contributed by atoms with Crippen molar-refractivity contribution >= 4 is 44.4 Å². The second-order valence-corrected chi connectivity index (χ2v) is 4.62. The molecule has 7 nitrogen and oxygen atoms in total. The summed E-state index contributed by atoms with van der Waals surface area (Å²) in [5.41, 5.74) is 1.89. The van der Waals surface area contributed by atoms with Crippen LogP contribution in [0.3, 0.4) is 0 Å². The number of carboxylic acid groups (broad SMARTS) is 1. The summed E-state index contributed by atoms with van der Waals surface area (Å²) < 4.78 is 0.768.